The van der Waals surface area contributed by atoms with Gasteiger partial charge in [-0.25, -0.2) is 4.89 Å². The molecule has 1 aliphatic heterocycles. The lowest BCUT2D eigenvalue weighted by atomic mass is 10.2. The molecule has 96 valence electrons. The minimum absolute atomic E-state index is 0.129. The van der Waals surface area contributed by atoms with Gasteiger partial charge in [0.1, 0.15) is 0 Å². The molecule has 1 N–H and O–H groups in total. The Bertz CT molecular complexity index is 287. The van der Waals surface area contributed by atoms with Gasteiger partial charge in [-0.05, 0) is 12.8 Å². The summed E-state index contributed by atoms with van der Waals surface area (Å²) in [7, 11) is 0. The van der Waals surface area contributed by atoms with Crippen LogP contribution in [0.15, 0.2) is 0 Å². The number of hydrogen-bond donors (Lipinski definition) is 1. The quantitative estimate of drug-likeness (QED) is 0.292. The zero-order valence-electron chi connectivity index (χ0n) is 9.39. The van der Waals surface area contributed by atoms with E-state index in [1.807, 2.05) is 0 Å². The van der Waals surface area contributed by atoms with Gasteiger partial charge >= 0.3 is 5.97 Å². The Morgan fingerprint density at radius 1 is 1.18 bits per heavy atom. The Balaban J connectivity index is 1.99. The van der Waals surface area contributed by atoms with Crippen LogP contribution in [-0.4, -0.2) is 34.6 Å². The lowest BCUT2D eigenvalue weighted by Gasteiger charge is -2.10. The normalized spacial score (nSPS) is 15.6. The highest BCUT2D eigenvalue weighted by molar-refractivity contribution is 6.00. The molecule has 1 aliphatic rings. The van der Waals surface area contributed by atoms with Crippen LogP contribution in [0.5, 0.6) is 0 Å². The summed E-state index contributed by atoms with van der Waals surface area (Å²) in [5.41, 5.74) is 0. The van der Waals surface area contributed by atoms with E-state index in [0.29, 0.717) is 24.3 Å². The highest BCUT2D eigenvalue weighted by Crippen LogP contribution is 2.12. The number of carboxylic acids is 1. The SMILES string of the molecule is O=C(O)CCCCCOON1C(=O)CCC1=O. The number of amides is 2. The van der Waals surface area contributed by atoms with Crippen molar-refractivity contribution in [1.29, 1.82) is 0 Å². The number of carbonyl (C=O) groups excluding carboxylic acids is 2. The summed E-state index contributed by atoms with van der Waals surface area (Å²) in [5, 5.41) is 9.00. The molecule has 1 heterocycles. The van der Waals surface area contributed by atoms with Gasteiger partial charge in [-0.3, -0.25) is 14.4 Å². The highest BCUT2D eigenvalue weighted by atomic mass is 17.3. The molecule has 0 aromatic heterocycles. The fourth-order valence-electron chi connectivity index (χ4n) is 1.34. The topological polar surface area (TPSA) is 93.1 Å². The predicted molar refractivity (Wildman–Crippen MR) is 54.2 cm³/mol. The molecule has 0 aromatic rings. The summed E-state index contributed by atoms with van der Waals surface area (Å²) in [6.45, 7) is 0.219. The number of imide groups is 1. The molecule has 17 heavy (non-hydrogen) atoms. The van der Waals surface area contributed by atoms with E-state index in [4.69, 9.17) is 9.99 Å². The van der Waals surface area contributed by atoms with Crippen molar-refractivity contribution in [2.24, 2.45) is 0 Å². The molecular weight excluding hydrogens is 230 g/mol. The monoisotopic (exact) mass is 245 g/mol. The molecule has 0 aromatic carbocycles. The van der Waals surface area contributed by atoms with E-state index in [1.165, 1.54) is 0 Å². The maximum absolute atomic E-state index is 11.1. The molecule has 0 bridgehead atoms. The van der Waals surface area contributed by atoms with Crippen molar-refractivity contribution in [3.05, 3.63) is 0 Å². The largest absolute Gasteiger partial charge is 0.481 e. The lowest BCUT2D eigenvalue weighted by Crippen LogP contribution is -2.29. The summed E-state index contributed by atoms with van der Waals surface area (Å²) in [4.78, 5) is 41.6. The molecule has 7 nitrogen and oxygen atoms in total. The van der Waals surface area contributed by atoms with Crippen molar-refractivity contribution in [3.63, 3.8) is 0 Å². The first-order valence-corrected chi connectivity index (χ1v) is 5.48. The zero-order chi connectivity index (χ0) is 12.7. The molecule has 1 fully saturated rings. The van der Waals surface area contributed by atoms with Gasteiger partial charge in [-0.15, -0.1) is 10.1 Å². The van der Waals surface area contributed by atoms with Gasteiger partial charge < -0.3 is 5.11 Å². The van der Waals surface area contributed by atoms with Gasteiger partial charge in [0.05, 0.1) is 6.61 Å². The number of hydrogen-bond acceptors (Lipinski definition) is 5. The lowest BCUT2D eigenvalue weighted by molar-refractivity contribution is -0.393. The number of unbranched alkanes of at least 4 members (excludes halogenated alkanes) is 2. The van der Waals surface area contributed by atoms with Gasteiger partial charge in [0.15, 0.2) is 0 Å². The first-order valence-electron chi connectivity index (χ1n) is 5.48. The van der Waals surface area contributed by atoms with E-state index in [9.17, 15) is 14.4 Å². The average Bonchev–Trinajstić information content (AvgIpc) is 2.58. The number of hydroxylamine groups is 2. The molecular formula is C10H15NO6. The summed E-state index contributed by atoms with van der Waals surface area (Å²) in [6.07, 6.45) is 2.31. The summed E-state index contributed by atoms with van der Waals surface area (Å²) in [6, 6.07) is 0. The first-order chi connectivity index (χ1) is 8.11. The van der Waals surface area contributed by atoms with Crippen LogP contribution in [0.3, 0.4) is 0 Å². The maximum atomic E-state index is 11.1. The van der Waals surface area contributed by atoms with Crippen molar-refractivity contribution >= 4 is 17.8 Å². The third-order valence-electron chi connectivity index (χ3n) is 2.25. The number of carboxylic acid groups (broad SMARTS) is 1. The van der Waals surface area contributed by atoms with Gasteiger partial charge in [0.2, 0.25) is 0 Å². The average molecular weight is 245 g/mol. The summed E-state index contributed by atoms with van der Waals surface area (Å²) >= 11 is 0. The molecule has 0 radical (unpaired) electrons. The van der Waals surface area contributed by atoms with Crippen molar-refractivity contribution in [3.8, 4) is 0 Å². The molecule has 2 amide bonds. The van der Waals surface area contributed by atoms with Crippen LogP contribution in [0.25, 0.3) is 0 Å². The van der Waals surface area contributed by atoms with Crippen molar-refractivity contribution in [2.45, 2.75) is 38.5 Å². The second-order valence-electron chi connectivity index (χ2n) is 3.68. The van der Waals surface area contributed by atoms with Crippen molar-refractivity contribution < 1.29 is 29.4 Å². The van der Waals surface area contributed by atoms with E-state index < -0.39 is 17.8 Å². The second-order valence-corrected chi connectivity index (χ2v) is 3.68. The van der Waals surface area contributed by atoms with Crippen LogP contribution < -0.4 is 0 Å². The van der Waals surface area contributed by atoms with Gasteiger partial charge in [0.25, 0.3) is 11.8 Å². The van der Waals surface area contributed by atoms with Crippen LogP contribution in [0.4, 0.5) is 0 Å². The Labute approximate surface area is 98.2 Å². The minimum atomic E-state index is -0.824. The molecule has 0 aliphatic carbocycles. The van der Waals surface area contributed by atoms with Gasteiger partial charge in [-0.1, -0.05) is 6.42 Å². The first kappa shape index (κ1) is 13.6. The fourth-order valence-corrected chi connectivity index (χ4v) is 1.34. The van der Waals surface area contributed by atoms with Crippen molar-refractivity contribution in [2.75, 3.05) is 6.61 Å². The van der Waals surface area contributed by atoms with Gasteiger partial charge in [-0.2, -0.15) is 0 Å². The third kappa shape index (κ3) is 4.92. The molecule has 0 saturated carbocycles. The third-order valence-corrected chi connectivity index (χ3v) is 2.25. The van der Waals surface area contributed by atoms with Crippen molar-refractivity contribution in [1.82, 2.24) is 5.06 Å². The van der Waals surface area contributed by atoms with Crippen LogP contribution in [0, 0.1) is 0 Å². The highest BCUT2D eigenvalue weighted by Gasteiger charge is 2.31. The minimum Gasteiger partial charge on any atom is -0.481 e. The Morgan fingerprint density at radius 3 is 2.41 bits per heavy atom. The standard InChI is InChI=1S/C10H15NO6/c12-8-5-6-9(13)11(8)17-16-7-3-1-2-4-10(14)15/h1-7H2,(H,14,15). The number of aliphatic carboxylic acids is 1. The second kappa shape index (κ2) is 6.97. The molecule has 1 rings (SSSR count). The van der Waals surface area contributed by atoms with Crippen LogP contribution in [0.2, 0.25) is 0 Å². The van der Waals surface area contributed by atoms with Crippen LogP contribution in [-0.2, 0) is 24.3 Å². The number of carbonyl (C=O) groups is 3. The molecule has 1 saturated heterocycles. The predicted octanol–water partition coefficient (Wildman–Crippen LogP) is 0.644. The van der Waals surface area contributed by atoms with E-state index in [-0.39, 0.29) is 25.9 Å². The molecule has 7 heteroatoms. The van der Waals surface area contributed by atoms with E-state index in [2.05, 4.69) is 4.99 Å². The van der Waals surface area contributed by atoms with Gasteiger partial charge in [0, 0.05) is 19.3 Å². The smallest absolute Gasteiger partial charge is 0.303 e. The Hall–Kier alpha value is -1.47. The van der Waals surface area contributed by atoms with Crippen LogP contribution >= 0.6 is 0 Å². The fraction of sp³-hybridized carbons (Fsp3) is 0.700. The summed E-state index contributed by atoms with van der Waals surface area (Å²) in [5.74, 6) is -1.63. The van der Waals surface area contributed by atoms with E-state index in [1.54, 1.807) is 0 Å². The zero-order valence-corrected chi connectivity index (χ0v) is 9.39. The molecule has 0 spiro atoms. The Kier molecular flexibility index (Phi) is 5.58. The number of nitrogens with zero attached hydrogens (tertiary/aromatic N) is 1. The van der Waals surface area contributed by atoms with E-state index >= 15 is 0 Å². The Morgan fingerprint density at radius 2 is 1.82 bits per heavy atom. The molecule has 0 unspecified atom stereocenters. The number of rotatable bonds is 8. The summed E-state index contributed by atoms with van der Waals surface area (Å²) < 4.78 is 0. The van der Waals surface area contributed by atoms with E-state index in [0.717, 1.165) is 0 Å². The van der Waals surface area contributed by atoms with Crippen LogP contribution in [0.1, 0.15) is 38.5 Å². The molecule has 0 atom stereocenters. The maximum Gasteiger partial charge on any atom is 0.303 e.